The second kappa shape index (κ2) is 5.55. The van der Waals surface area contributed by atoms with Gasteiger partial charge in [-0.25, -0.2) is 4.98 Å². The number of H-pyrrole nitrogens is 1. The van der Waals surface area contributed by atoms with E-state index < -0.39 is 11.8 Å². The van der Waals surface area contributed by atoms with Crippen LogP contribution in [0.25, 0.3) is 33.5 Å². The predicted octanol–water partition coefficient (Wildman–Crippen LogP) is 3.70. The first kappa shape index (κ1) is 15.4. The standard InChI is InChI=1S/C22H14N4O/c23-11-12-8-9-13-16(10-12)20(21(24)27)14-4-3-5-15(19(13)14)22-25-17-6-1-2-7-18(17)26-22/h1-10,20H,(H2,24,27)(H,25,26)/t20-/m0/s1. The Balaban J connectivity index is 1.81. The van der Waals surface area contributed by atoms with Crippen molar-refractivity contribution < 1.29 is 4.79 Å². The van der Waals surface area contributed by atoms with E-state index in [2.05, 4.69) is 11.1 Å². The van der Waals surface area contributed by atoms with Crippen LogP contribution < -0.4 is 5.73 Å². The number of carbonyl (C=O) groups is 1. The Morgan fingerprint density at radius 2 is 1.89 bits per heavy atom. The minimum absolute atomic E-state index is 0.424. The SMILES string of the molecule is N#Cc1ccc2c(c1)[C@@H](C(N)=O)c1cccc(-c3nc4ccccc4[nH]3)c1-2. The number of aromatic nitrogens is 2. The molecule has 3 aromatic carbocycles. The number of amides is 1. The predicted molar refractivity (Wildman–Crippen MR) is 103 cm³/mol. The molecule has 0 fully saturated rings. The van der Waals surface area contributed by atoms with Gasteiger partial charge in [0.05, 0.1) is 28.6 Å². The van der Waals surface area contributed by atoms with E-state index in [1.807, 2.05) is 48.5 Å². The van der Waals surface area contributed by atoms with Crippen molar-refractivity contribution in [1.29, 1.82) is 5.26 Å². The summed E-state index contributed by atoms with van der Waals surface area (Å²) in [5, 5.41) is 9.24. The topological polar surface area (TPSA) is 95.6 Å². The number of nitrogens with one attached hydrogen (secondary N) is 1. The number of nitrogens with zero attached hydrogens (tertiary/aromatic N) is 2. The van der Waals surface area contributed by atoms with E-state index in [0.717, 1.165) is 44.7 Å². The fourth-order valence-corrected chi connectivity index (χ4v) is 3.96. The number of fused-ring (bicyclic) bond motifs is 4. The number of benzene rings is 3. The van der Waals surface area contributed by atoms with Crippen molar-refractivity contribution in [3.63, 3.8) is 0 Å². The average molecular weight is 350 g/mol. The van der Waals surface area contributed by atoms with Crippen molar-refractivity contribution >= 4 is 16.9 Å². The Morgan fingerprint density at radius 1 is 1.04 bits per heavy atom. The molecule has 5 rings (SSSR count). The van der Waals surface area contributed by atoms with E-state index in [-0.39, 0.29) is 0 Å². The van der Waals surface area contributed by atoms with Gasteiger partial charge in [0.15, 0.2) is 0 Å². The van der Waals surface area contributed by atoms with Crippen molar-refractivity contribution in [1.82, 2.24) is 9.97 Å². The summed E-state index contributed by atoms with van der Waals surface area (Å²) in [6, 6.07) is 21.2. The molecular weight excluding hydrogens is 336 g/mol. The summed E-state index contributed by atoms with van der Waals surface area (Å²) in [4.78, 5) is 20.3. The molecule has 1 aromatic heterocycles. The molecule has 1 amide bonds. The van der Waals surface area contributed by atoms with Gasteiger partial charge in [-0.1, -0.05) is 36.4 Å². The minimum Gasteiger partial charge on any atom is -0.369 e. The normalized spacial score (nSPS) is 14.6. The molecule has 1 atom stereocenters. The molecule has 0 radical (unpaired) electrons. The minimum atomic E-state index is -0.562. The molecule has 0 saturated heterocycles. The van der Waals surface area contributed by atoms with Crippen LogP contribution in [0.5, 0.6) is 0 Å². The summed E-state index contributed by atoms with van der Waals surface area (Å²) < 4.78 is 0. The summed E-state index contributed by atoms with van der Waals surface area (Å²) in [5.74, 6) is -0.243. The highest BCUT2D eigenvalue weighted by Crippen LogP contribution is 2.48. The first-order valence-electron chi connectivity index (χ1n) is 8.59. The van der Waals surface area contributed by atoms with Crippen LogP contribution in [0, 0.1) is 11.3 Å². The fourth-order valence-electron chi connectivity index (χ4n) is 3.96. The Morgan fingerprint density at radius 3 is 2.67 bits per heavy atom. The second-order valence-corrected chi connectivity index (χ2v) is 6.62. The lowest BCUT2D eigenvalue weighted by atomic mass is 9.95. The Labute approximate surface area is 155 Å². The number of aromatic amines is 1. The first-order valence-corrected chi connectivity index (χ1v) is 8.59. The third-order valence-electron chi connectivity index (χ3n) is 5.10. The van der Waals surface area contributed by atoms with E-state index in [1.54, 1.807) is 12.1 Å². The van der Waals surface area contributed by atoms with Gasteiger partial charge in [0.2, 0.25) is 5.91 Å². The molecule has 1 aliphatic carbocycles. The maximum Gasteiger partial charge on any atom is 0.229 e. The lowest BCUT2D eigenvalue weighted by Gasteiger charge is -2.10. The molecule has 3 N–H and O–H groups in total. The number of nitrogens with two attached hydrogens (primary N) is 1. The summed E-state index contributed by atoms with van der Waals surface area (Å²) in [6.07, 6.45) is 0. The van der Waals surface area contributed by atoms with Crippen LogP contribution in [-0.4, -0.2) is 15.9 Å². The highest BCUT2D eigenvalue weighted by Gasteiger charge is 2.34. The summed E-state index contributed by atoms with van der Waals surface area (Å²) in [6.45, 7) is 0. The Bertz CT molecular complexity index is 1250. The van der Waals surface area contributed by atoms with Gasteiger partial charge in [-0.2, -0.15) is 5.26 Å². The van der Waals surface area contributed by atoms with E-state index in [9.17, 15) is 10.1 Å². The van der Waals surface area contributed by atoms with Gasteiger partial charge in [0.1, 0.15) is 5.82 Å². The molecule has 1 aliphatic rings. The number of para-hydroxylation sites is 2. The molecule has 0 saturated carbocycles. The van der Waals surface area contributed by atoms with E-state index in [0.29, 0.717) is 5.56 Å². The quantitative estimate of drug-likeness (QED) is 0.577. The van der Waals surface area contributed by atoms with Crippen molar-refractivity contribution in [2.75, 3.05) is 0 Å². The number of nitriles is 1. The van der Waals surface area contributed by atoms with E-state index in [4.69, 9.17) is 10.7 Å². The monoisotopic (exact) mass is 350 g/mol. The number of carbonyl (C=O) groups excluding carboxylic acids is 1. The van der Waals surface area contributed by atoms with E-state index >= 15 is 0 Å². The smallest absolute Gasteiger partial charge is 0.229 e. The summed E-state index contributed by atoms with van der Waals surface area (Å²) >= 11 is 0. The molecule has 27 heavy (non-hydrogen) atoms. The van der Waals surface area contributed by atoms with Crippen LogP contribution in [0.2, 0.25) is 0 Å². The highest BCUT2D eigenvalue weighted by atomic mass is 16.1. The first-order chi connectivity index (χ1) is 13.2. The number of hydrogen-bond acceptors (Lipinski definition) is 3. The van der Waals surface area contributed by atoms with Crippen molar-refractivity contribution in [3.05, 3.63) is 77.4 Å². The van der Waals surface area contributed by atoms with Gasteiger partial charge < -0.3 is 10.7 Å². The maximum atomic E-state index is 12.2. The van der Waals surface area contributed by atoms with Crippen molar-refractivity contribution in [2.45, 2.75) is 5.92 Å². The zero-order chi connectivity index (χ0) is 18.5. The van der Waals surface area contributed by atoms with Gasteiger partial charge in [0.25, 0.3) is 0 Å². The molecule has 0 unspecified atom stereocenters. The molecule has 0 aliphatic heterocycles. The Kier molecular flexibility index (Phi) is 3.15. The van der Waals surface area contributed by atoms with Crippen molar-refractivity contribution in [3.8, 4) is 28.6 Å². The zero-order valence-electron chi connectivity index (χ0n) is 14.2. The number of hydrogen-bond donors (Lipinski definition) is 2. The second-order valence-electron chi connectivity index (χ2n) is 6.62. The van der Waals surface area contributed by atoms with Crippen molar-refractivity contribution in [2.24, 2.45) is 5.73 Å². The molecule has 0 bridgehead atoms. The lowest BCUT2D eigenvalue weighted by Crippen LogP contribution is -2.20. The van der Waals surface area contributed by atoms with Gasteiger partial charge >= 0.3 is 0 Å². The molecule has 4 aromatic rings. The van der Waals surface area contributed by atoms with Crippen LogP contribution in [0.4, 0.5) is 0 Å². The van der Waals surface area contributed by atoms with Gasteiger partial charge in [-0.05, 0) is 46.5 Å². The van der Waals surface area contributed by atoms with Crippen LogP contribution in [0.15, 0.2) is 60.7 Å². The number of primary amides is 1. The van der Waals surface area contributed by atoms with Gasteiger partial charge in [-0.3, -0.25) is 4.79 Å². The number of imidazole rings is 1. The molecular formula is C22H14N4O. The third kappa shape index (κ3) is 2.17. The van der Waals surface area contributed by atoms with Gasteiger partial charge in [0, 0.05) is 5.56 Å². The molecule has 5 heteroatoms. The largest absolute Gasteiger partial charge is 0.369 e. The molecule has 0 spiro atoms. The van der Waals surface area contributed by atoms with Crippen LogP contribution in [-0.2, 0) is 4.79 Å². The summed E-state index contributed by atoms with van der Waals surface area (Å²) in [5.41, 5.74) is 12.5. The maximum absolute atomic E-state index is 12.2. The lowest BCUT2D eigenvalue weighted by molar-refractivity contribution is -0.118. The Hall–Kier alpha value is -3.91. The molecule has 1 heterocycles. The third-order valence-corrected chi connectivity index (χ3v) is 5.10. The van der Waals surface area contributed by atoms with Crippen LogP contribution >= 0.6 is 0 Å². The average Bonchev–Trinajstić information content (AvgIpc) is 3.26. The zero-order valence-corrected chi connectivity index (χ0v) is 14.2. The molecule has 5 nitrogen and oxygen atoms in total. The molecule has 128 valence electrons. The summed E-state index contributed by atoms with van der Waals surface area (Å²) in [7, 11) is 0. The number of rotatable bonds is 2. The van der Waals surface area contributed by atoms with Crippen LogP contribution in [0.3, 0.4) is 0 Å². The van der Waals surface area contributed by atoms with Crippen LogP contribution in [0.1, 0.15) is 22.6 Å². The van der Waals surface area contributed by atoms with Gasteiger partial charge in [-0.15, -0.1) is 0 Å². The van der Waals surface area contributed by atoms with E-state index in [1.165, 1.54) is 0 Å². The highest BCUT2D eigenvalue weighted by molar-refractivity contribution is 6.00. The fraction of sp³-hybridized carbons (Fsp3) is 0.0455.